The fourth-order valence-corrected chi connectivity index (χ4v) is 2.67. The molecule has 128 valence electrons. The lowest BCUT2D eigenvalue weighted by Gasteiger charge is -2.32. The first-order chi connectivity index (χ1) is 11.0. The third-order valence-corrected chi connectivity index (χ3v) is 4.18. The second-order valence-electron chi connectivity index (χ2n) is 6.32. The van der Waals surface area contributed by atoms with Gasteiger partial charge in [-0.25, -0.2) is 5.84 Å². The van der Waals surface area contributed by atoms with E-state index in [1.165, 1.54) is 0 Å². The molecule has 0 aliphatic carbocycles. The molecule has 0 bridgehead atoms. The molecule has 2 rings (SSSR count). The van der Waals surface area contributed by atoms with Crippen molar-refractivity contribution in [2.24, 2.45) is 5.84 Å². The predicted octanol–water partition coefficient (Wildman–Crippen LogP) is 2.20. The molecule has 2 aliphatic rings. The molecule has 0 aromatic carbocycles. The van der Waals surface area contributed by atoms with Crippen LogP contribution in [0.25, 0.3) is 0 Å². The Bertz CT molecular complexity index is 488. The van der Waals surface area contributed by atoms with Crippen LogP contribution in [0.4, 0.5) is 0 Å². The normalized spacial score (nSPS) is 21.6. The summed E-state index contributed by atoms with van der Waals surface area (Å²) in [6, 6.07) is 0. The van der Waals surface area contributed by atoms with Crippen molar-refractivity contribution in [1.82, 2.24) is 9.91 Å². The summed E-state index contributed by atoms with van der Waals surface area (Å²) in [5.74, 6) is 6.02. The first-order valence-corrected chi connectivity index (χ1v) is 8.24. The lowest BCUT2D eigenvalue weighted by Crippen LogP contribution is -2.38. The molecule has 5 nitrogen and oxygen atoms in total. The van der Waals surface area contributed by atoms with Gasteiger partial charge in [-0.3, -0.25) is 9.91 Å². The molecule has 0 aromatic heterocycles. The largest absolute Gasteiger partial charge is 0.379 e. The number of morpholine rings is 1. The van der Waals surface area contributed by atoms with Crippen LogP contribution >= 0.6 is 0 Å². The topological polar surface area (TPSA) is 51.0 Å². The van der Waals surface area contributed by atoms with E-state index in [9.17, 15) is 0 Å². The van der Waals surface area contributed by atoms with Crippen molar-refractivity contribution in [2.45, 2.75) is 25.9 Å². The highest BCUT2D eigenvalue weighted by Gasteiger charge is 2.25. The molecule has 0 unspecified atom stereocenters. The highest BCUT2D eigenvalue weighted by Crippen LogP contribution is 2.26. The SMILES string of the molecule is C=C/C=C1/C=CC(C(C)(C)OCCCN2CCOCC2)=CN1N. The molecule has 0 saturated carbocycles. The van der Waals surface area contributed by atoms with Gasteiger partial charge in [0.1, 0.15) is 0 Å². The van der Waals surface area contributed by atoms with Crippen molar-refractivity contribution in [2.75, 3.05) is 39.5 Å². The van der Waals surface area contributed by atoms with Crippen LogP contribution in [0.5, 0.6) is 0 Å². The molecule has 1 fully saturated rings. The summed E-state index contributed by atoms with van der Waals surface area (Å²) >= 11 is 0. The minimum Gasteiger partial charge on any atom is -0.379 e. The van der Waals surface area contributed by atoms with E-state index < -0.39 is 0 Å². The van der Waals surface area contributed by atoms with E-state index in [1.807, 2.05) is 18.4 Å². The van der Waals surface area contributed by atoms with E-state index in [-0.39, 0.29) is 5.60 Å². The van der Waals surface area contributed by atoms with E-state index in [0.29, 0.717) is 0 Å². The Hall–Kier alpha value is -1.40. The van der Waals surface area contributed by atoms with Crippen molar-refractivity contribution in [3.05, 3.63) is 48.4 Å². The summed E-state index contributed by atoms with van der Waals surface area (Å²) in [7, 11) is 0. The third kappa shape index (κ3) is 5.32. The summed E-state index contributed by atoms with van der Waals surface area (Å²) in [4.78, 5) is 2.42. The fraction of sp³-hybridized carbons (Fsp3) is 0.556. The minimum absolute atomic E-state index is 0.362. The Morgan fingerprint density at radius 3 is 2.74 bits per heavy atom. The molecule has 2 aliphatic heterocycles. The van der Waals surface area contributed by atoms with Crippen LogP contribution in [0.2, 0.25) is 0 Å². The molecular formula is C18H29N3O2. The number of hydrogen-bond acceptors (Lipinski definition) is 5. The van der Waals surface area contributed by atoms with Gasteiger partial charge in [-0.1, -0.05) is 18.7 Å². The highest BCUT2D eigenvalue weighted by atomic mass is 16.5. The minimum atomic E-state index is -0.362. The van der Waals surface area contributed by atoms with Gasteiger partial charge in [-0.2, -0.15) is 0 Å². The molecule has 1 saturated heterocycles. The van der Waals surface area contributed by atoms with Gasteiger partial charge < -0.3 is 9.47 Å². The molecule has 0 atom stereocenters. The number of allylic oxidation sites excluding steroid dienone is 3. The summed E-state index contributed by atoms with van der Waals surface area (Å²) in [6.07, 6.45) is 10.6. The Labute approximate surface area is 139 Å². The lowest BCUT2D eigenvalue weighted by atomic mass is 9.96. The van der Waals surface area contributed by atoms with Gasteiger partial charge in [0.25, 0.3) is 0 Å². The van der Waals surface area contributed by atoms with Gasteiger partial charge in [0.2, 0.25) is 0 Å². The Morgan fingerprint density at radius 2 is 2.09 bits per heavy atom. The van der Waals surface area contributed by atoms with E-state index in [1.54, 1.807) is 11.1 Å². The monoisotopic (exact) mass is 319 g/mol. The van der Waals surface area contributed by atoms with Crippen molar-refractivity contribution in [3.8, 4) is 0 Å². The van der Waals surface area contributed by atoms with Gasteiger partial charge in [0, 0.05) is 38.0 Å². The quantitative estimate of drug-likeness (QED) is 0.576. The number of nitrogens with zero attached hydrogens (tertiary/aromatic N) is 2. The van der Waals surface area contributed by atoms with E-state index in [2.05, 4.69) is 31.4 Å². The van der Waals surface area contributed by atoms with E-state index in [0.717, 1.165) is 57.1 Å². The smallest absolute Gasteiger partial charge is 0.0889 e. The maximum Gasteiger partial charge on any atom is 0.0889 e. The second-order valence-corrected chi connectivity index (χ2v) is 6.32. The molecule has 0 spiro atoms. The van der Waals surface area contributed by atoms with Crippen molar-refractivity contribution in [3.63, 3.8) is 0 Å². The van der Waals surface area contributed by atoms with Crippen molar-refractivity contribution in [1.29, 1.82) is 0 Å². The molecule has 2 heterocycles. The molecular weight excluding hydrogens is 290 g/mol. The molecule has 23 heavy (non-hydrogen) atoms. The van der Waals surface area contributed by atoms with Gasteiger partial charge in [-0.05, 0) is 32.4 Å². The molecule has 0 aromatic rings. The first-order valence-electron chi connectivity index (χ1n) is 8.24. The Morgan fingerprint density at radius 1 is 1.35 bits per heavy atom. The van der Waals surface area contributed by atoms with Crippen molar-refractivity contribution < 1.29 is 9.47 Å². The zero-order valence-electron chi connectivity index (χ0n) is 14.3. The van der Waals surface area contributed by atoms with E-state index in [4.69, 9.17) is 15.3 Å². The molecule has 0 radical (unpaired) electrons. The predicted molar refractivity (Wildman–Crippen MR) is 93.4 cm³/mol. The van der Waals surface area contributed by atoms with Crippen LogP contribution in [0.1, 0.15) is 20.3 Å². The number of ether oxygens (including phenoxy) is 2. The maximum absolute atomic E-state index is 6.10. The zero-order valence-corrected chi connectivity index (χ0v) is 14.3. The van der Waals surface area contributed by atoms with Crippen LogP contribution in [-0.4, -0.2) is 55.0 Å². The maximum atomic E-state index is 6.10. The summed E-state index contributed by atoms with van der Waals surface area (Å²) in [6.45, 7) is 13.4. The summed E-state index contributed by atoms with van der Waals surface area (Å²) < 4.78 is 11.5. The van der Waals surface area contributed by atoms with Gasteiger partial charge in [0.05, 0.1) is 24.5 Å². The fourth-order valence-electron chi connectivity index (χ4n) is 2.67. The number of hydrogen-bond donors (Lipinski definition) is 1. The molecule has 0 amide bonds. The van der Waals surface area contributed by atoms with Gasteiger partial charge >= 0.3 is 0 Å². The van der Waals surface area contributed by atoms with Crippen LogP contribution in [0.3, 0.4) is 0 Å². The number of rotatable bonds is 7. The van der Waals surface area contributed by atoms with Crippen LogP contribution in [0.15, 0.2) is 48.4 Å². The highest BCUT2D eigenvalue weighted by molar-refractivity contribution is 5.38. The Kier molecular flexibility index (Phi) is 6.59. The lowest BCUT2D eigenvalue weighted by molar-refractivity contribution is -0.00152. The van der Waals surface area contributed by atoms with Gasteiger partial charge in [-0.15, -0.1) is 0 Å². The first kappa shape index (κ1) is 17.9. The third-order valence-electron chi connectivity index (χ3n) is 4.18. The van der Waals surface area contributed by atoms with Crippen LogP contribution in [-0.2, 0) is 9.47 Å². The Balaban J connectivity index is 1.79. The van der Waals surface area contributed by atoms with Crippen molar-refractivity contribution >= 4 is 0 Å². The van der Waals surface area contributed by atoms with Gasteiger partial charge in [0.15, 0.2) is 0 Å². The summed E-state index contributed by atoms with van der Waals surface area (Å²) in [5, 5.41) is 1.61. The van der Waals surface area contributed by atoms with Crippen LogP contribution < -0.4 is 5.84 Å². The number of nitrogens with two attached hydrogens (primary N) is 1. The molecule has 5 heteroatoms. The van der Waals surface area contributed by atoms with Crippen LogP contribution in [0, 0.1) is 0 Å². The second kappa shape index (κ2) is 8.45. The average Bonchev–Trinajstić information content (AvgIpc) is 2.54. The number of hydrazine groups is 1. The summed E-state index contributed by atoms with van der Waals surface area (Å²) in [5.41, 5.74) is 1.61. The zero-order chi connectivity index (χ0) is 16.7. The average molecular weight is 319 g/mol. The molecule has 2 N–H and O–H groups in total. The standard InChI is InChI=1S/C18H29N3O2/c1-4-6-17-8-7-16(15-21(17)19)18(2,3)23-12-5-9-20-10-13-22-14-11-20/h4,6-8,15H,1,5,9-14,19H2,2-3H3/b17-6-. The van der Waals surface area contributed by atoms with E-state index >= 15 is 0 Å².